The third-order valence-corrected chi connectivity index (χ3v) is 6.27. The van der Waals surface area contributed by atoms with Crippen LogP contribution >= 0.6 is 11.3 Å². The summed E-state index contributed by atoms with van der Waals surface area (Å²) in [5.74, 6) is -0.213. The first-order valence-electron chi connectivity index (χ1n) is 10.1. The Labute approximate surface area is 189 Å². The molecule has 7 nitrogen and oxygen atoms in total. The van der Waals surface area contributed by atoms with Crippen LogP contribution in [-0.2, 0) is 6.54 Å². The first kappa shape index (κ1) is 21.5. The van der Waals surface area contributed by atoms with E-state index in [1.165, 1.54) is 11.3 Å². The minimum absolute atomic E-state index is 0.253. The normalized spacial score (nSPS) is 10.7. The summed E-state index contributed by atoms with van der Waals surface area (Å²) in [4.78, 5) is 31.2. The van der Waals surface area contributed by atoms with E-state index in [1.54, 1.807) is 19.3 Å². The maximum atomic E-state index is 13.2. The van der Waals surface area contributed by atoms with Crippen LogP contribution in [0.25, 0.3) is 11.3 Å². The van der Waals surface area contributed by atoms with Gasteiger partial charge in [0.05, 0.1) is 5.56 Å². The molecule has 162 valence electrons. The number of anilines is 1. The molecule has 1 aromatic carbocycles. The second-order valence-electron chi connectivity index (χ2n) is 7.31. The van der Waals surface area contributed by atoms with Crippen molar-refractivity contribution in [2.24, 2.45) is 0 Å². The Kier molecular flexibility index (Phi) is 6.13. The molecule has 0 unspecified atom stereocenters. The molecule has 0 aliphatic rings. The molecule has 8 heteroatoms. The maximum Gasteiger partial charge on any atom is 0.262 e. The predicted octanol–water partition coefficient (Wildman–Crippen LogP) is 4.91. The van der Waals surface area contributed by atoms with Gasteiger partial charge in [0.15, 0.2) is 0 Å². The number of rotatable bonds is 6. The van der Waals surface area contributed by atoms with Crippen LogP contribution in [0.15, 0.2) is 59.4 Å². The highest BCUT2D eigenvalue weighted by Crippen LogP contribution is 2.34. The van der Waals surface area contributed by atoms with Crippen molar-refractivity contribution in [2.75, 3.05) is 5.32 Å². The zero-order chi connectivity index (χ0) is 22.7. The molecule has 2 N–H and O–H groups in total. The van der Waals surface area contributed by atoms with Crippen LogP contribution in [0.5, 0.6) is 0 Å². The average Bonchev–Trinajstić information content (AvgIpc) is 3.32. The predicted molar refractivity (Wildman–Crippen MR) is 124 cm³/mol. The monoisotopic (exact) mass is 446 g/mol. The minimum Gasteiger partial charge on any atom is -0.360 e. The molecule has 3 heterocycles. The second-order valence-corrected chi connectivity index (χ2v) is 8.54. The molecule has 4 aromatic rings. The van der Waals surface area contributed by atoms with Crippen molar-refractivity contribution < 1.29 is 14.1 Å². The highest BCUT2D eigenvalue weighted by Gasteiger charge is 2.25. The van der Waals surface area contributed by atoms with Gasteiger partial charge in [0.25, 0.3) is 11.8 Å². The standard InChI is InChI=1S/C24H22N4O3S/c1-14-16(3)32-24(19(14)22(29)26-13-17-8-7-11-25-12-17)27-23(30)20-15(2)31-28-21(20)18-9-5-4-6-10-18/h4-12H,13H2,1-3H3,(H,26,29)(H,27,30). The lowest BCUT2D eigenvalue weighted by Crippen LogP contribution is -2.25. The van der Waals surface area contributed by atoms with E-state index in [9.17, 15) is 9.59 Å². The number of benzene rings is 1. The summed E-state index contributed by atoms with van der Waals surface area (Å²) in [6.07, 6.45) is 3.39. The molecule has 0 radical (unpaired) electrons. The topological polar surface area (TPSA) is 97.1 Å². The molecule has 2 amide bonds. The number of pyridine rings is 1. The Hall–Kier alpha value is -3.78. The van der Waals surface area contributed by atoms with Gasteiger partial charge >= 0.3 is 0 Å². The number of carbonyl (C=O) groups excluding carboxylic acids is 2. The minimum atomic E-state index is -0.370. The lowest BCUT2D eigenvalue weighted by atomic mass is 10.1. The number of nitrogens with zero attached hydrogens (tertiary/aromatic N) is 2. The summed E-state index contributed by atoms with van der Waals surface area (Å²) in [6, 6.07) is 13.1. The van der Waals surface area contributed by atoms with Crippen LogP contribution in [0.3, 0.4) is 0 Å². The molecule has 0 aliphatic heterocycles. The Morgan fingerprint density at radius 3 is 2.50 bits per heavy atom. The number of nitrogens with one attached hydrogen (secondary N) is 2. The largest absolute Gasteiger partial charge is 0.360 e. The van der Waals surface area contributed by atoms with Crippen molar-refractivity contribution in [3.05, 3.63) is 87.7 Å². The van der Waals surface area contributed by atoms with Gasteiger partial charge < -0.3 is 15.2 Å². The molecule has 0 saturated carbocycles. The van der Waals surface area contributed by atoms with Crippen LogP contribution in [-0.4, -0.2) is 22.0 Å². The van der Waals surface area contributed by atoms with Gasteiger partial charge in [-0.2, -0.15) is 0 Å². The van der Waals surface area contributed by atoms with Gasteiger partial charge in [0, 0.05) is 29.4 Å². The van der Waals surface area contributed by atoms with Gasteiger partial charge in [-0.1, -0.05) is 41.6 Å². The van der Waals surface area contributed by atoms with Gasteiger partial charge in [0.1, 0.15) is 22.0 Å². The zero-order valence-electron chi connectivity index (χ0n) is 17.9. The molecule has 3 aromatic heterocycles. The fourth-order valence-electron chi connectivity index (χ4n) is 3.36. The Balaban J connectivity index is 1.59. The van der Waals surface area contributed by atoms with Crippen LogP contribution in [0.2, 0.25) is 0 Å². The van der Waals surface area contributed by atoms with Gasteiger partial charge in [-0.05, 0) is 38.0 Å². The van der Waals surface area contributed by atoms with Crippen LogP contribution in [0, 0.1) is 20.8 Å². The van der Waals surface area contributed by atoms with E-state index >= 15 is 0 Å². The highest BCUT2D eigenvalue weighted by molar-refractivity contribution is 7.16. The van der Waals surface area contributed by atoms with E-state index in [0.717, 1.165) is 21.6 Å². The molecule has 0 aliphatic carbocycles. The average molecular weight is 447 g/mol. The number of thiophene rings is 1. The Bertz CT molecular complexity index is 1260. The van der Waals surface area contributed by atoms with Crippen molar-refractivity contribution >= 4 is 28.2 Å². The number of hydrogen-bond acceptors (Lipinski definition) is 6. The molecule has 0 spiro atoms. The summed E-state index contributed by atoms with van der Waals surface area (Å²) in [5, 5.41) is 10.4. The third-order valence-electron chi connectivity index (χ3n) is 5.15. The van der Waals surface area contributed by atoms with Crippen molar-refractivity contribution in [3.8, 4) is 11.3 Å². The van der Waals surface area contributed by atoms with E-state index in [-0.39, 0.29) is 11.8 Å². The van der Waals surface area contributed by atoms with E-state index in [0.29, 0.717) is 34.1 Å². The van der Waals surface area contributed by atoms with E-state index in [4.69, 9.17) is 4.52 Å². The molecule has 4 rings (SSSR count). The van der Waals surface area contributed by atoms with Crippen molar-refractivity contribution in [3.63, 3.8) is 0 Å². The molecule has 0 atom stereocenters. The Morgan fingerprint density at radius 2 is 1.78 bits per heavy atom. The first-order chi connectivity index (χ1) is 15.5. The van der Waals surface area contributed by atoms with E-state index in [1.807, 2.05) is 56.3 Å². The summed E-state index contributed by atoms with van der Waals surface area (Å²) in [5.41, 5.74) is 3.78. The number of aromatic nitrogens is 2. The van der Waals surface area contributed by atoms with Gasteiger partial charge in [-0.15, -0.1) is 11.3 Å². The molecular weight excluding hydrogens is 424 g/mol. The summed E-state index contributed by atoms with van der Waals surface area (Å²) in [6.45, 7) is 5.84. The van der Waals surface area contributed by atoms with Gasteiger partial charge in [-0.3, -0.25) is 14.6 Å². The molecule has 0 saturated heterocycles. The molecule has 32 heavy (non-hydrogen) atoms. The molecule has 0 bridgehead atoms. The number of amides is 2. The summed E-state index contributed by atoms with van der Waals surface area (Å²) < 4.78 is 5.31. The quantitative estimate of drug-likeness (QED) is 0.439. The lowest BCUT2D eigenvalue weighted by molar-refractivity contribution is 0.0951. The highest BCUT2D eigenvalue weighted by atomic mass is 32.1. The SMILES string of the molecule is Cc1onc(-c2ccccc2)c1C(=O)Nc1sc(C)c(C)c1C(=O)NCc1cccnc1. The number of carbonyl (C=O) groups is 2. The van der Waals surface area contributed by atoms with Crippen LogP contribution < -0.4 is 10.6 Å². The number of hydrogen-bond donors (Lipinski definition) is 2. The fourth-order valence-corrected chi connectivity index (χ4v) is 4.41. The van der Waals surface area contributed by atoms with Gasteiger partial charge in [-0.25, -0.2) is 0 Å². The molecular formula is C24H22N4O3S. The Morgan fingerprint density at radius 1 is 1.00 bits per heavy atom. The van der Waals surface area contributed by atoms with E-state index in [2.05, 4.69) is 20.8 Å². The second kappa shape index (κ2) is 9.15. The van der Waals surface area contributed by atoms with Crippen molar-refractivity contribution in [1.29, 1.82) is 0 Å². The summed E-state index contributed by atoms with van der Waals surface area (Å²) in [7, 11) is 0. The number of aryl methyl sites for hydroxylation is 2. The molecule has 0 fully saturated rings. The van der Waals surface area contributed by atoms with Crippen LogP contribution in [0.4, 0.5) is 5.00 Å². The van der Waals surface area contributed by atoms with Crippen LogP contribution in [0.1, 0.15) is 42.5 Å². The maximum absolute atomic E-state index is 13.2. The zero-order valence-corrected chi connectivity index (χ0v) is 18.7. The lowest BCUT2D eigenvalue weighted by Gasteiger charge is -2.09. The first-order valence-corrected chi connectivity index (χ1v) is 10.9. The fraction of sp³-hybridized carbons (Fsp3) is 0.167. The van der Waals surface area contributed by atoms with Crippen molar-refractivity contribution in [1.82, 2.24) is 15.5 Å². The smallest absolute Gasteiger partial charge is 0.262 e. The van der Waals surface area contributed by atoms with E-state index < -0.39 is 0 Å². The van der Waals surface area contributed by atoms with Gasteiger partial charge in [0.2, 0.25) is 0 Å². The van der Waals surface area contributed by atoms with Crippen molar-refractivity contribution in [2.45, 2.75) is 27.3 Å². The third kappa shape index (κ3) is 4.31. The summed E-state index contributed by atoms with van der Waals surface area (Å²) >= 11 is 1.37.